The Morgan fingerprint density at radius 1 is 0.848 bits per heavy atom. The number of aromatic hydroxyl groups is 1. The Bertz CT molecular complexity index is 1480. The van der Waals surface area contributed by atoms with Gasteiger partial charge in [0.25, 0.3) is 0 Å². The van der Waals surface area contributed by atoms with Crippen molar-refractivity contribution in [2.75, 3.05) is 7.11 Å². The fraction of sp³-hybridized carbons (Fsp3) is 0.138. The zero-order valence-electron chi connectivity index (χ0n) is 18.7. The van der Waals surface area contributed by atoms with Crippen LogP contribution in [0.15, 0.2) is 84.9 Å². The second-order valence-electron chi connectivity index (χ2n) is 8.39. The van der Waals surface area contributed by atoms with E-state index < -0.39 is 5.97 Å². The summed E-state index contributed by atoms with van der Waals surface area (Å²) >= 11 is 0. The Labute approximate surface area is 192 Å². The largest absolute Gasteiger partial charge is 0.507 e. The molecule has 164 valence electrons. The molecule has 33 heavy (non-hydrogen) atoms. The lowest BCUT2D eigenvalue weighted by Gasteiger charge is -2.13. The molecule has 0 amide bonds. The molecule has 0 bridgehead atoms. The van der Waals surface area contributed by atoms with Gasteiger partial charge in [0.2, 0.25) is 0 Å². The predicted molar refractivity (Wildman–Crippen MR) is 132 cm³/mol. The lowest BCUT2D eigenvalue weighted by atomic mass is 9.99. The molecular formula is C29H25NO3. The molecule has 5 aromatic rings. The minimum absolute atomic E-state index is 0.169. The summed E-state index contributed by atoms with van der Waals surface area (Å²) in [5.74, 6) is -0.244. The van der Waals surface area contributed by atoms with Crippen LogP contribution < -0.4 is 0 Å². The van der Waals surface area contributed by atoms with Gasteiger partial charge in [-0.15, -0.1) is 0 Å². The first-order valence-corrected chi connectivity index (χ1v) is 11.0. The molecule has 4 aromatic carbocycles. The zero-order valence-corrected chi connectivity index (χ0v) is 18.7. The summed E-state index contributed by atoms with van der Waals surface area (Å²) < 4.78 is 7.23. The molecule has 1 heterocycles. The number of phenols is 1. The van der Waals surface area contributed by atoms with Gasteiger partial charge in [-0.1, -0.05) is 60.7 Å². The van der Waals surface area contributed by atoms with E-state index in [1.54, 1.807) is 12.1 Å². The molecule has 0 aliphatic carbocycles. The minimum Gasteiger partial charge on any atom is -0.507 e. The number of fused-ring (bicyclic) bond motifs is 3. The highest BCUT2D eigenvalue weighted by molar-refractivity contribution is 6.19. The van der Waals surface area contributed by atoms with Gasteiger partial charge in [0.15, 0.2) is 0 Å². The van der Waals surface area contributed by atoms with Crippen LogP contribution in [0.5, 0.6) is 5.75 Å². The van der Waals surface area contributed by atoms with Gasteiger partial charge in [0, 0.05) is 11.9 Å². The van der Waals surface area contributed by atoms with E-state index in [0.29, 0.717) is 17.5 Å². The second-order valence-corrected chi connectivity index (χ2v) is 8.39. The van der Waals surface area contributed by atoms with Gasteiger partial charge in [-0.05, 0) is 59.9 Å². The quantitative estimate of drug-likeness (QED) is 0.333. The van der Waals surface area contributed by atoms with E-state index in [2.05, 4.69) is 59.2 Å². The van der Waals surface area contributed by atoms with Gasteiger partial charge >= 0.3 is 5.97 Å². The number of ether oxygens (including phenoxy) is 1. The smallest absolute Gasteiger partial charge is 0.338 e. The number of hydrogen-bond donors (Lipinski definition) is 1. The van der Waals surface area contributed by atoms with Crippen molar-refractivity contribution in [1.82, 2.24) is 4.57 Å². The first-order chi connectivity index (χ1) is 16.1. The molecule has 0 fully saturated rings. The molecule has 0 atom stereocenters. The molecule has 5 rings (SSSR count). The van der Waals surface area contributed by atoms with Crippen molar-refractivity contribution < 1.29 is 14.6 Å². The third kappa shape index (κ3) is 3.74. The molecule has 1 N–H and O–H groups in total. The maximum absolute atomic E-state index is 12.6. The number of carbonyl (C=O) groups is 1. The number of benzene rings is 4. The first kappa shape index (κ1) is 20.8. The molecule has 0 aliphatic rings. The number of aryl methyl sites for hydroxylation is 1. The molecule has 0 aliphatic heterocycles. The molecule has 0 unspecified atom stereocenters. The normalized spacial score (nSPS) is 11.2. The fourth-order valence-corrected chi connectivity index (χ4v) is 4.70. The number of carbonyl (C=O) groups excluding carboxylic acids is 1. The van der Waals surface area contributed by atoms with Crippen LogP contribution in [0.4, 0.5) is 0 Å². The van der Waals surface area contributed by atoms with Gasteiger partial charge in [0.05, 0.1) is 29.1 Å². The molecule has 0 radical (unpaired) electrons. The van der Waals surface area contributed by atoms with Crippen LogP contribution in [0.2, 0.25) is 0 Å². The Kier molecular flexibility index (Phi) is 5.35. The van der Waals surface area contributed by atoms with Crippen LogP contribution in [-0.2, 0) is 17.7 Å². The van der Waals surface area contributed by atoms with Crippen LogP contribution in [-0.4, -0.2) is 22.8 Å². The van der Waals surface area contributed by atoms with Crippen LogP contribution in [0, 0.1) is 6.92 Å². The van der Waals surface area contributed by atoms with Crippen LogP contribution in [0.25, 0.3) is 21.8 Å². The van der Waals surface area contributed by atoms with Crippen molar-refractivity contribution in [2.45, 2.75) is 19.9 Å². The third-order valence-electron chi connectivity index (χ3n) is 6.20. The summed E-state index contributed by atoms with van der Waals surface area (Å²) in [5.41, 5.74) is 6.91. The van der Waals surface area contributed by atoms with Gasteiger partial charge in [0.1, 0.15) is 5.75 Å². The summed E-state index contributed by atoms with van der Waals surface area (Å²) in [7, 11) is 1.38. The summed E-state index contributed by atoms with van der Waals surface area (Å²) in [6.07, 6.45) is 0.839. The van der Waals surface area contributed by atoms with Gasteiger partial charge < -0.3 is 14.4 Å². The highest BCUT2D eigenvalue weighted by Gasteiger charge is 2.21. The first-order valence-electron chi connectivity index (χ1n) is 11.0. The number of rotatable bonds is 5. The molecular weight excluding hydrogens is 410 g/mol. The summed E-state index contributed by atoms with van der Waals surface area (Å²) in [6, 6.07) is 28.3. The summed E-state index contributed by atoms with van der Waals surface area (Å²) in [6.45, 7) is 2.59. The van der Waals surface area contributed by atoms with Crippen molar-refractivity contribution >= 4 is 27.8 Å². The van der Waals surface area contributed by atoms with Crippen molar-refractivity contribution in [3.05, 3.63) is 113 Å². The number of hydrogen-bond acceptors (Lipinski definition) is 3. The molecule has 4 nitrogen and oxygen atoms in total. The van der Waals surface area contributed by atoms with Crippen molar-refractivity contribution in [2.24, 2.45) is 0 Å². The standard InChI is InChI=1S/C29H25NO3/c1-19-15-25-28(26(31)16-19)27-23(29(32)33-2)13-8-14-24(27)30(25)18-22-12-7-6-11-21(22)17-20-9-4-3-5-10-20/h3-16,31H,17-18H2,1-2H3. The lowest BCUT2D eigenvalue weighted by Crippen LogP contribution is -2.05. The van der Waals surface area contributed by atoms with Gasteiger partial charge in [-0.25, -0.2) is 4.79 Å². The predicted octanol–water partition coefficient (Wildman–Crippen LogP) is 6.23. The molecule has 0 spiro atoms. The van der Waals surface area contributed by atoms with Crippen molar-refractivity contribution in [1.29, 1.82) is 0 Å². The highest BCUT2D eigenvalue weighted by atomic mass is 16.5. The SMILES string of the molecule is COC(=O)c1cccc2c1c1c(O)cc(C)cc1n2Cc1ccccc1Cc1ccccc1. The molecule has 0 saturated carbocycles. The number of methoxy groups -OCH3 is 1. The number of phenolic OH excluding ortho intramolecular Hbond substituents is 1. The Morgan fingerprint density at radius 3 is 2.33 bits per heavy atom. The van der Waals surface area contributed by atoms with Gasteiger partial charge in [-0.3, -0.25) is 0 Å². The lowest BCUT2D eigenvalue weighted by molar-refractivity contribution is 0.0603. The average molecular weight is 436 g/mol. The third-order valence-corrected chi connectivity index (χ3v) is 6.20. The number of nitrogens with zero attached hydrogens (tertiary/aromatic N) is 1. The Balaban J connectivity index is 1.72. The van der Waals surface area contributed by atoms with E-state index in [0.717, 1.165) is 28.4 Å². The highest BCUT2D eigenvalue weighted by Crippen LogP contribution is 2.38. The monoisotopic (exact) mass is 435 g/mol. The van der Waals surface area contributed by atoms with Crippen molar-refractivity contribution in [3.8, 4) is 5.75 Å². The maximum atomic E-state index is 12.6. The minimum atomic E-state index is -0.413. The number of aromatic nitrogens is 1. The van der Waals surface area contributed by atoms with Gasteiger partial charge in [-0.2, -0.15) is 0 Å². The topological polar surface area (TPSA) is 51.5 Å². The van der Waals surface area contributed by atoms with E-state index in [4.69, 9.17) is 4.74 Å². The van der Waals surface area contributed by atoms with E-state index in [9.17, 15) is 9.90 Å². The van der Waals surface area contributed by atoms with Crippen LogP contribution >= 0.6 is 0 Å². The molecule has 1 aromatic heterocycles. The average Bonchev–Trinajstić information content (AvgIpc) is 3.14. The van der Waals surface area contributed by atoms with E-state index >= 15 is 0 Å². The van der Waals surface area contributed by atoms with E-state index in [-0.39, 0.29) is 5.75 Å². The summed E-state index contributed by atoms with van der Waals surface area (Å²) in [5, 5.41) is 12.3. The van der Waals surface area contributed by atoms with E-state index in [1.165, 1.54) is 23.8 Å². The second kappa shape index (κ2) is 8.47. The molecule has 4 heteroatoms. The van der Waals surface area contributed by atoms with Crippen LogP contribution in [0.1, 0.15) is 32.6 Å². The number of esters is 1. The zero-order chi connectivity index (χ0) is 22.9. The van der Waals surface area contributed by atoms with E-state index in [1.807, 2.05) is 25.1 Å². The maximum Gasteiger partial charge on any atom is 0.338 e. The Hall–Kier alpha value is -4.05. The fourth-order valence-electron chi connectivity index (χ4n) is 4.70. The van der Waals surface area contributed by atoms with Crippen molar-refractivity contribution in [3.63, 3.8) is 0 Å². The van der Waals surface area contributed by atoms with Crippen LogP contribution in [0.3, 0.4) is 0 Å². The Morgan fingerprint density at radius 2 is 1.58 bits per heavy atom. The molecule has 0 saturated heterocycles. The summed E-state index contributed by atoms with van der Waals surface area (Å²) in [4.78, 5) is 12.6.